The van der Waals surface area contributed by atoms with Crippen molar-refractivity contribution in [2.75, 3.05) is 12.8 Å². The van der Waals surface area contributed by atoms with Crippen LogP contribution in [0.4, 0.5) is 0 Å². The van der Waals surface area contributed by atoms with Gasteiger partial charge in [0.1, 0.15) is 11.9 Å². The van der Waals surface area contributed by atoms with Crippen LogP contribution < -0.4 is 10.1 Å². The molecule has 2 unspecified atom stereocenters. The Balaban J connectivity index is 1.82. The fourth-order valence-corrected chi connectivity index (χ4v) is 3.26. The molecule has 1 aliphatic heterocycles. The number of furan rings is 1. The third-order valence-corrected chi connectivity index (χ3v) is 4.26. The molecule has 2 heterocycles. The van der Waals surface area contributed by atoms with Crippen LogP contribution in [-0.4, -0.2) is 18.9 Å². The molecule has 1 aromatic carbocycles. The van der Waals surface area contributed by atoms with Gasteiger partial charge in [0.2, 0.25) is 0 Å². The molecule has 0 saturated heterocycles. The monoisotopic (exact) mass is 261 g/mol. The number of likely N-dealkylation sites (N-methyl/N-ethyl adjacent to an activating group) is 1. The van der Waals surface area contributed by atoms with E-state index in [1.165, 1.54) is 4.90 Å². The molecule has 1 aliphatic rings. The molecule has 0 radical (unpaired) electrons. The first-order valence-corrected chi connectivity index (χ1v) is 6.95. The highest BCUT2D eigenvalue weighted by Crippen LogP contribution is 2.38. The number of para-hydroxylation sites is 1. The number of hydrogen-bond acceptors (Lipinski definition) is 4. The molecule has 1 aromatic heterocycles. The summed E-state index contributed by atoms with van der Waals surface area (Å²) in [6.07, 6.45) is 3.59. The fraction of sp³-hybridized carbons (Fsp3) is 0.286. The standard InChI is InChI=1S/C14H15NO2S/c1-15-14(10-6-7-16-8-10)12-9-18-13-5-3-2-4-11(13)17-12/h2-8,12,14-15H,9H2,1H3. The maximum Gasteiger partial charge on any atom is 0.133 e. The normalized spacial score (nSPS) is 19.9. The second-order valence-corrected chi connectivity index (χ2v) is 5.30. The number of rotatable bonds is 3. The van der Waals surface area contributed by atoms with Gasteiger partial charge in [-0.3, -0.25) is 0 Å². The van der Waals surface area contributed by atoms with Crippen LogP contribution in [0.2, 0.25) is 0 Å². The van der Waals surface area contributed by atoms with Crippen molar-refractivity contribution in [1.29, 1.82) is 0 Å². The summed E-state index contributed by atoms with van der Waals surface area (Å²) in [5.74, 6) is 1.91. The van der Waals surface area contributed by atoms with E-state index in [1.54, 1.807) is 12.5 Å². The molecule has 0 spiro atoms. The number of nitrogens with one attached hydrogen (secondary N) is 1. The van der Waals surface area contributed by atoms with Gasteiger partial charge in [-0.15, -0.1) is 11.8 Å². The van der Waals surface area contributed by atoms with Gasteiger partial charge >= 0.3 is 0 Å². The van der Waals surface area contributed by atoms with Gasteiger partial charge in [0.25, 0.3) is 0 Å². The molecule has 2 aromatic rings. The number of hydrogen-bond donors (Lipinski definition) is 1. The summed E-state index contributed by atoms with van der Waals surface area (Å²) in [6.45, 7) is 0. The van der Waals surface area contributed by atoms with Crippen molar-refractivity contribution < 1.29 is 9.15 Å². The van der Waals surface area contributed by atoms with E-state index >= 15 is 0 Å². The minimum absolute atomic E-state index is 0.118. The van der Waals surface area contributed by atoms with Gasteiger partial charge in [0, 0.05) is 16.2 Å². The van der Waals surface area contributed by atoms with Crippen molar-refractivity contribution in [2.24, 2.45) is 0 Å². The van der Waals surface area contributed by atoms with E-state index in [-0.39, 0.29) is 12.1 Å². The summed E-state index contributed by atoms with van der Waals surface area (Å²) in [5.41, 5.74) is 1.13. The Hall–Kier alpha value is -1.39. The summed E-state index contributed by atoms with van der Waals surface area (Å²) in [7, 11) is 1.95. The summed E-state index contributed by atoms with van der Waals surface area (Å²) in [5, 5.41) is 3.31. The Bertz CT molecular complexity index is 512. The van der Waals surface area contributed by atoms with E-state index in [9.17, 15) is 0 Å². The number of fused-ring (bicyclic) bond motifs is 1. The highest BCUT2D eigenvalue weighted by Gasteiger charge is 2.28. The maximum absolute atomic E-state index is 6.08. The Kier molecular flexibility index (Phi) is 3.30. The number of thioether (sulfide) groups is 1. The van der Waals surface area contributed by atoms with Crippen LogP contribution in [0.15, 0.2) is 52.2 Å². The smallest absolute Gasteiger partial charge is 0.133 e. The molecule has 3 nitrogen and oxygen atoms in total. The molecular formula is C14H15NO2S. The van der Waals surface area contributed by atoms with Gasteiger partial charge in [0.05, 0.1) is 18.6 Å². The first kappa shape index (κ1) is 11.7. The molecule has 2 atom stereocenters. The van der Waals surface area contributed by atoms with Gasteiger partial charge in [-0.25, -0.2) is 0 Å². The van der Waals surface area contributed by atoms with E-state index in [0.717, 1.165) is 17.1 Å². The zero-order valence-electron chi connectivity index (χ0n) is 10.1. The average molecular weight is 261 g/mol. The quantitative estimate of drug-likeness (QED) is 0.920. The van der Waals surface area contributed by atoms with Crippen LogP contribution in [0.1, 0.15) is 11.6 Å². The molecule has 3 rings (SSSR count). The summed E-state index contributed by atoms with van der Waals surface area (Å²) < 4.78 is 11.2. The molecule has 94 valence electrons. The van der Waals surface area contributed by atoms with Crippen LogP contribution in [-0.2, 0) is 0 Å². The summed E-state index contributed by atoms with van der Waals surface area (Å²) >= 11 is 1.84. The molecule has 0 fully saturated rings. The highest BCUT2D eigenvalue weighted by molar-refractivity contribution is 7.99. The van der Waals surface area contributed by atoms with Crippen molar-refractivity contribution in [3.8, 4) is 5.75 Å². The van der Waals surface area contributed by atoms with E-state index in [4.69, 9.17) is 9.15 Å². The SMILES string of the molecule is CNC(c1ccoc1)C1CSc2ccccc2O1. The first-order valence-electron chi connectivity index (χ1n) is 5.96. The van der Waals surface area contributed by atoms with Crippen LogP contribution in [0.25, 0.3) is 0 Å². The predicted octanol–water partition coefficient (Wildman–Crippen LogP) is 3.09. The summed E-state index contributed by atoms with van der Waals surface area (Å²) in [4.78, 5) is 1.22. The Morgan fingerprint density at radius 3 is 3.00 bits per heavy atom. The average Bonchev–Trinajstić information content (AvgIpc) is 2.93. The lowest BCUT2D eigenvalue weighted by Crippen LogP contribution is -2.37. The van der Waals surface area contributed by atoms with Crippen LogP contribution in [0, 0.1) is 0 Å². The second kappa shape index (κ2) is 5.08. The maximum atomic E-state index is 6.08. The third-order valence-electron chi connectivity index (χ3n) is 3.12. The minimum Gasteiger partial charge on any atom is -0.486 e. The zero-order valence-corrected chi connectivity index (χ0v) is 10.9. The third kappa shape index (κ3) is 2.13. The topological polar surface area (TPSA) is 34.4 Å². The largest absolute Gasteiger partial charge is 0.486 e. The zero-order chi connectivity index (χ0) is 12.4. The van der Waals surface area contributed by atoms with Crippen molar-refractivity contribution in [3.63, 3.8) is 0 Å². The fourth-order valence-electron chi connectivity index (χ4n) is 2.22. The minimum atomic E-state index is 0.118. The van der Waals surface area contributed by atoms with Crippen molar-refractivity contribution in [2.45, 2.75) is 17.0 Å². The Labute approximate surface area is 111 Å². The molecule has 0 amide bonds. The first-order chi connectivity index (χ1) is 8.88. The van der Waals surface area contributed by atoms with Gasteiger partial charge < -0.3 is 14.5 Å². The van der Waals surface area contributed by atoms with Gasteiger partial charge in [-0.1, -0.05) is 12.1 Å². The van der Waals surface area contributed by atoms with Crippen molar-refractivity contribution >= 4 is 11.8 Å². The molecular weight excluding hydrogens is 246 g/mol. The van der Waals surface area contributed by atoms with Crippen molar-refractivity contribution in [1.82, 2.24) is 5.32 Å². The predicted molar refractivity (Wildman–Crippen MR) is 72.1 cm³/mol. The van der Waals surface area contributed by atoms with E-state index < -0.39 is 0 Å². The van der Waals surface area contributed by atoms with E-state index in [1.807, 2.05) is 43.1 Å². The number of ether oxygens (including phenoxy) is 1. The van der Waals surface area contributed by atoms with Gasteiger partial charge in [-0.2, -0.15) is 0 Å². The molecule has 0 aliphatic carbocycles. The van der Waals surface area contributed by atoms with Crippen LogP contribution in [0.3, 0.4) is 0 Å². The molecule has 0 bridgehead atoms. The highest BCUT2D eigenvalue weighted by atomic mass is 32.2. The molecule has 4 heteroatoms. The molecule has 0 saturated carbocycles. The van der Waals surface area contributed by atoms with E-state index in [2.05, 4.69) is 11.4 Å². The van der Waals surface area contributed by atoms with Crippen molar-refractivity contribution in [3.05, 3.63) is 48.4 Å². The number of benzene rings is 1. The van der Waals surface area contributed by atoms with E-state index in [0.29, 0.717) is 0 Å². The Morgan fingerprint density at radius 1 is 1.33 bits per heavy atom. The second-order valence-electron chi connectivity index (χ2n) is 4.24. The lowest BCUT2D eigenvalue weighted by atomic mass is 10.1. The Morgan fingerprint density at radius 2 is 2.22 bits per heavy atom. The lowest BCUT2D eigenvalue weighted by molar-refractivity contribution is 0.170. The molecule has 1 N–H and O–H groups in total. The summed E-state index contributed by atoms with van der Waals surface area (Å²) in [6, 6.07) is 10.3. The van der Waals surface area contributed by atoms with Crippen LogP contribution in [0.5, 0.6) is 5.75 Å². The van der Waals surface area contributed by atoms with Gasteiger partial charge in [-0.05, 0) is 25.2 Å². The molecule has 18 heavy (non-hydrogen) atoms. The van der Waals surface area contributed by atoms with Crippen LogP contribution >= 0.6 is 11.8 Å². The van der Waals surface area contributed by atoms with Gasteiger partial charge in [0.15, 0.2) is 0 Å². The lowest BCUT2D eigenvalue weighted by Gasteiger charge is -2.31.